The van der Waals surface area contributed by atoms with Gasteiger partial charge in [-0.25, -0.2) is 4.98 Å². The topological polar surface area (TPSA) is 78.4 Å². The Hall–Kier alpha value is -2.12. The average Bonchev–Trinajstić information content (AvgIpc) is 2.96. The van der Waals surface area contributed by atoms with Gasteiger partial charge >= 0.3 is 0 Å². The monoisotopic (exact) mass is 407 g/mol. The van der Waals surface area contributed by atoms with E-state index < -0.39 is 0 Å². The molecular formula is C19H26ClN5OS. The second-order valence-corrected chi connectivity index (χ2v) is 7.81. The van der Waals surface area contributed by atoms with Gasteiger partial charge in [-0.3, -0.25) is 9.79 Å². The molecule has 6 nitrogen and oxygen atoms in total. The van der Waals surface area contributed by atoms with Crippen molar-refractivity contribution in [3.8, 4) is 0 Å². The number of nitrogens with zero attached hydrogens (tertiary/aromatic N) is 2. The highest BCUT2D eigenvalue weighted by Crippen LogP contribution is 2.16. The molecular weight excluding hydrogens is 382 g/mol. The summed E-state index contributed by atoms with van der Waals surface area (Å²) < 4.78 is 0. The summed E-state index contributed by atoms with van der Waals surface area (Å²) in [4.78, 5) is 21.9. The quantitative estimate of drug-likeness (QED) is 0.355. The molecule has 2 rings (SSSR count). The van der Waals surface area contributed by atoms with E-state index in [2.05, 4.69) is 32.9 Å². The molecule has 1 aromatic heterocycles. The maximum Gasteiger partial charge on any atom is 0.224 e. The number of hydrogen-bond donors (Lipinski definition) is 3. The van der Waals surface area contributed by atoms with Gasteiger partial charge in [0.25, 0.3) is 0 Å². The predicted octanol–water partition coefficient (Wildman–Crippen LogP) is 3.54. The number of nitrogens with one attached hydrogen (secondary N) is 3. The van der Waals surface area contributed by atoms with Gasteiger partial charge in [0, 0.05) is 48.6 Å². The van der Waals surface area contributed by atoms with Gasteiger partial charge in [-0.2, -0.15) is 0 Å². The summed E-state index contributed by atoms with van der Waals surface area (Å²) in [7, 11) is 1.74. The summed E-state index contributed by atoms with van der Waals surface area (Å²) in [5.74, 6) is 0.717. The van der Waals surface area contributed by atoms with Crippen LogP contribution in [0.5, 0.6) is 0 Å². The van der Waals surface area contributed by atoms with E-state index in [1.807, 2.05) is 6.92 Å². The number of aromatic nitrogens is 1. The van der Waals surface area contributed by atoms with E-state index in [-0.39, 0.29) is 5.91 Å². The van der Waals surface area contributed by atoms with Crippen LogP contribution in [0, 0.1) is 13.8 Å². The Morgan fingerprint density at radius 2 is 1.89 bits per heavy atom. The van der Waals surface area contributed by atoms with E-state index in [1.54, 1.807) is 42.6 Å². The molecule has 1 heterocycles. The molecule has 0 aliphatic rings. The van der Waals surface area contributed by atoms with Crippen molar-refractivity contribution in [3.05, 3.63) is 44.9 Å². The molecule has 27 heavy (non-hydrogen) atoms. The standard InChI is InChI=1S/C19H26ClN5OS/c1-13-14(2)27-18(24-13)10-12-23-19(21-3)22-11-4-5-17(26)25-16-8-6-15(20)7-9-16/h6-9H,4-5,10-12H2,1-3H3,(H,25,26)(H2,21,22,23). The fourth-order valence-electron chi connectivity index (χ4n) is 2.37. The molecule has 0 bridgehead atoms. The number of thiazole rings is 1. The molecule has 0 aliphatic heterocycles. The molecule has 1 aromatic carbocycles. The Kier molecular flexibility index (Phi) is 8.54. The van der Waals surface area contributed by atoms with Gasteiger partial charge < -0.3 is 16.0 Å². The molecule has 0 radical (unpaired) electrons. The Morgan fingerprint density at radius 1 is 1.19 bits per heavy atom. The smallest absolute Gasteiger partial charge is 0.224 e. The molecule has 3 N–H and O–H groups in total. The first-order chi connectivity index (χ1) is 13.0. The lowest BCUT2D eigenvalue weighted by Crippen LogP contribution is -2.38. The van der Waals surface area contributed by atoms with E-state index in [9.17, 15) is 4.79 Å². The number of halogens is 1. The molecule has 0 fully saturated rings. The first kappa shape index (κ1) is 21.2. The number of guanidine groups is 1. The molecule has 8 heteroatoms. The predicted molar refractivity (Wildman–Crippen MR) is 114 cm³/mol. The molecule has 0 unspecified atom stereocenters. The number of hydrogen-bond acceptors (Lipinski definition) is 4. The Balaban J connectivity index is 1.61. The van der Waals surface area contributed by atoms with Crippen LogP contribution >= 0.6 is 22.9 Å². The summed E-state index contributed by atoms with van der Waals surface area (Å²) in [6.07, 6.45) is 2.01. The number of benzene rings is 1. The number of rotatable bonds is 8. The lowest BCUT2D eigenvalue weighted by molar-refractivity contribution is -0.116. The summed E-state index contributed by atoms with van der Waals surface area (Å²) >= 11 is 7.57. The fraction of sp³-hybridized carbons (Fsp3) is 0.421. The van der Waals surface area contributed by atoms with Crippen molar-refractivity contribution in [2.24, 2.45) is 4.99 Å². The number of carbonyl (C=O) groups excluding carboxylic acids is 1. The zero-order chi connectivity index (χ0) is 19.6. The summed E-state index contributed by atoms with van der Waals surface area (Å²) in [5, 5.41) is 11.1. The Labute approximate surface area is 169 Å². The highest BCUT2D eigenvalue weighted by molar-refractivity contribution is 7.11. The molecule has 0 saturated heterocycles. The van der Waals surface area contributed by atoms with Crippen LogP contribution in [0.3, 0.4) is 0 Å². The minimum atomic E-state index is -0.0171. The van der Waals surface area contributed by atoms with E-state index >= 15 is 0 Å². The van der Waals surface area contributed by atoms with Crippen molar-refractivity contribution in [1.29, 1.82) is 0 Å². The third-order valence-corrected chi connectivity index (χ3v) is 5.31. The SMILES string of the molecule is CN=C(NCCCC(=O)Nc1ccc(Cl)cc1)NCCc1nc(C)c(C)s1. The van der Waals surface area contributed by atoms with Crippen molar-refractivity contribution in [1.82, 2.24) is 15.6 Å². The largest absolute Gasteiger partial charge is 0.356 e. The lowest BCUT2D eigenvalue weighted by Gasteiger charge is -2.11. The number of aliphatic imine (C=N–C) groups is 1. The summed E-state index contributed by atoms with van der Waals surface area (Å²) in [6, 6.07) is 7.08. The second kappa shape index (κ2) is 10.9. The van der Waals surface area contributed by atoms with Gasteiger partial charge in [0.2, 0.25) is 5.91 Å². The van der Waals surface area contributed by atoms with Crippen LogP contribution in [-0.4, -0.2) is 37.0 Å². The normalized spacial score (nSPS) is 11.3. The van der Waals surface area contributed by atoms with Crippen LogP contribution < -0.4 is 16.0 Å². The maximum absolute atomic E-state index is 11.9. The van der Waals surface area contributed by atoms with E-state index in [4.69, 9.17) is 11.6 Å². The van der Waals surface area contributed by atoms with Crippen molar-refractivity contribution >= 4 is 40.5 Å². The first-order valence-electron chi connectivity index (χ1n) is 8.90. The van der Waals surface area contributed by atoms with E-state index in [1.165, 1.54) is 4.88 Å². The fourth-order valence-corrected chi connectivity index (χ4v) is 3.43. The van der Waals surface area contributed by atoms with Crippen molar-refractivity contribution in [2.45, 2.75) is 33.1 Å². The van der Waals surface area contributed by atoms with Crippen LogP contribution in [0.1, 0.15) is 28.4 Å². The van der Waals surface area contributed by atoms with E-state index in [0.29, 0.717) is 24.4 Å². The molecule has 0 spiro atoms. The van der Waals surface area contributed by atoms with Gasteiger partial charge in [-0.1, -0.05) is 11.6 Å². The molecule has 0 aliphatic carbocycles. The molecule has 0 saturated carbocycles. The number of aryl methyl sites for hydroxylation is 2. The third-order valence-electron chi connectivity index (χ3n) is 3.93. The number of amides is 1. The Bertz CT molecular complexity index is 753. The van der Waals surface area contributed by atoms with Crippen LogP contribution in [0.2, 0.25) is 5.02 Å². The number of carbonyl (C=O) groups is 1. The second-order valence-electron chi connectivity index (χ2n) is 6.08. The van der Waals surface area contributed by atoms with Crippen LogP contribution in [0.15, 0.2) is 29.3 Å². The Morgan fingerprint density at radius 3 is 2.52 bits per heavy atom. The maximum atomic E-state index is 11.9. The van der Waals surface area contributed by atoms with Gasteiger partial charge in [-0.05, 0) is 44.5 Å². The van der Waals surface area contributed by atoms with Crippen molar-refractivity contribution in [3.63, 3.8) is 0 Å². The third kappa shape index (κ3) is 7.56. The lowest BCUT2D eigenvalue weighted by atomic mass is 10.2. The molecule has 1 amide bonds. The van der Waals surface area contributed by atoms with Crippen LogP contribution in [0.4, 0.5) is 5.69 Å². The van der Waals surface area contributed by atoms with Crippen LogP contribution in [-0.2, 0) is 11.2 Å². The van der Waals surface area contributed by atoms with Gasteiger partial charge in [0.1, 0.15) is 0 Å². The summed E-state index contributed by atoms with van der Waals surface area (Å²) in [6.45, 7) is 5.56. The molecule has 146 valence electrons. The highest BCUT2D eigenvalue weighted by atomic mass is 35.5. The van der Waals surface area contributed by atoms with Crippen molar-refractivity contribution in [2.75, 3.05) is 25.5 Å². The molecule has 2 aromatic rings. The van der Waals surface area contributed by atoms with E-state index in [0.717, 1.165) is 35.3 Å². The average molecular weight is 408 g/mol. The van der Waals surface area contributed by atoms with Crippen LogP contribution in [0.25, 0.3) is 0 Å². The zero-order valence-corrected chi connectivity index (χ0v) is 17.5. The zero-order valence-electron chi connectivity index (χ0n) is 15.9. The van der Waals surface area contributed by atoms with Gasteiger partial charge in [-0.15, -0.1) is 11.3 Å². The van der Waals surface area contributed by atoms with Crippen molar-refractivity contribution < 1.29 is 4.79 Å². The highest BCUT2D eigenvalue weighted by Gasteiger charge is 2.05. The molecule has 0 atom stereocenters. The minimum Gasteiger partial charge on any atom is -0.356 e. The van der Waals surface area contributed by atoms with Gasteiger partial charge in [0.15, 0.2) is 5.96 Å². The number of anilines is 1. The first-order valence-corrected chi connectivity index (χ1v) is 10.1. The van der Waals surface area contributed by atoms with Gasteiger partial charge in [0.05, 0.1) is 10.7 Å². The minimum absolute atomic E-state index is 0.0171. The summed E-state index contributed by atoms with van der Waals surface area (Å²) in [5.41, 5.74) is 1.86.